The maximum Gasteiger partial charge on any atom is 0.270 e. The predicted octanol–water partition coefficient (Wildman–Crippen LogP) is 4.25. The molecule has 0 fully saturated rings. The standard InChI is InChI=1S/C13H9BrF2N2O2/c14-11-6-10(18(19)20)3-1-8(11)7-17-13-5-9(15)2-4-12(13)16/h1-6,17H,7H2. The Morgan fingerprint density at radius 3 is 2.60 bits per heavy atom. The van der Waals surface area contributed by atoms with Gasteiger partial charge in [0.2, 0.25) is 0 Å². The molecule has 0 spiro atoms. The molecule has 2 aromatic carbocycles. The molecule has 0 saturated heterocycles. The zero-order chi connectivity index (χ0) is 14.7. The number of benzene rings is 2. The van der Waals surface area contributed by atoms with E-state index in [4.69, 9.17) is 0 Å². The SMILES string of the molecule is O=[N+]([O-])c1ccc(CNc2cc(F)ccc2F)c(Br)c1. The lowest BCUT2D eigenvalue weighted by atomic mass is 10.2. The van der Waals surface area contributed by atoms with Crippen LogP contribution in [0.15, 0.2) is 40.9 Å². The first-order valence-electron chi connectivity index (χ1n) is 5.59. The van der Waals surface area contributed by atoms with Gasteiger partial charge >= 0.3 is 0 Å². The summed E-state index contributed by atoms with van der Waals surface area (Å²) in [6, 6.07) is 7.37. The van der Waals surface area contributed by atoms with Crippen LogP contribution in [-0.2, 0) is 6.54 Å². The van der Waals surface area contributed by atoms with Gasteiger partial charge in [0.25, 0.3) is 5.69 Å². The Hall–Kier alpha value is -2.02. The van der Waals surface area contributed by atoms with E-state index >= 15 is 0 Å². The quantitative estimate of drug-likeness (QED) is 0.667. The molecule has 2 aromatic rings. The maximum absolute atomic E-state index is 13.4. The van der Waals surface area contributed by atoms with Gasteiger partial charge in [-0.15, -0.1) is 0 Å². The van der Waals surface area contributed by atoms with Crippen LogP contribution in [0.1, 0.15) is 5.56 Å². The van der Waals surface area contributed by atoms with E-state index in [1.807, 2.05) is 0 Å². The molecule has 0 aromatic heterocycles. The summed E-state index contributed by atoms with van der Waals surface area (Å²) < 4.78 is 26.9. The molecule has 20 heavy (non-hydrogen) atoms. The van der Waals surface area contributed by atoms with Gasteiger partial charge < -0.3 is 5.32 Å². The Kier molecular flexibility index (Phi) is 4.29. The highest BCUT2D eigenvalue weighted by Crippen LogP contribution is 2.24. The van der Waals surface area contributed by atoms with E-state index in [2.05, 4.69) is 21.2 Å². The molecule has 1 N–H and O–H groups in total. The Morgan fingerprint density at radius 2 is 1.95 bits per heavy atom. The molecule has 7 heteroatoms. The minimum atomic E-state index is -0.565. The lowest BCUT2D eigenvalue weighted by molar-refractivity contribution is -0.384. The first kappa shape index (κ1) is 14.4. The predicted molar refractivity (Wildman–Crippen MR) is 74.5 cm³/mol. The third-order valence-corrected chi connectivity index (χ3v) is 3.38. The Morgan fingerprint density at radius 1 is 1.20 bits per heavy atom. The number of non-ortho nitro benzene ring substituents is 1. The van der Waals surface area contributed by atoms with Crippen molar-refractivity contribution in [2.45, 2.75) is 6.54 Å². The van der Waals surface area contributed by atoms with E-state index in [9.17, 15) is 18.9 Å². The molecule has 0 bridgehead atoms. The molecule has 0 heterocycles. The second-order valence-electron chi connectivity index (χ2n) is 4.01. The minimum absolute atomic E-state index is 0.0373. The average molecular weight is 343 g/mol. The number of nitrogens with zero attached hydrogens (tertiary/aromatic N) is 1. The monoisotopic (exact) mass is 342 g/mol. The van der Waals surface area contributed by atoms with Gasteiger partial charge in [0.1, 0.15) is 11.6 Å². The fourth-order valence-corrected chi connectivity index (χ4v) is 2.12. The number of nitro benzene ring substituents is 1. The minimum Gasteiger partial charge on any atom is -0.378 e. The van der Waals surface area contributed by atoms with Crippen molar-refractivity contribution in [2.75, 3.05) is 5.32 Å². The van der Waals surface area contributed by atoms with Gasteiger partial charge in [0.05, 0.1) is 10.6 Å². The summed E-state index contributed by atoms with van der Waals surface area (Å²) in [7, 11) is 0. The van der Waals surface area contributed by atoms with Crippen LogP contribution in [0.3, 0.4) is 0 Å². The Bertz CT molecular complexity index is 665. The molecule has 2 rings (SSSR count). The number of halogens is 3. The maximum atomic E-state index is 13.4. The normalized spacial score (nSPS) is 10.3. The van der Waals surface area contributed by atoms with E-state index in [0.717, 1.165) is 18.2 Å². The van der Waals surface area contributed by atoms with Crippen molar-refractivity contribution in [3.05, 3.63) is 68.2 Å². The van der Waals surface area contributed by atoms with Gasteiger partial charge in [0.15, 0.2) is 0 Å². The van der Waals surface area contributed by atoms with E-state index in [-0.39, 0.29) is 17.9 Å². The zero-order valence-corrected chi connectivity index (χ0v) is 11.7. The van der Waals surface area contributed by atoms with Crippen molar-refractivity contribution >= 4 is 27.3 Å². The summed E-state index contributed by atoms with van der Waals surface area (Å²) in [6.45, 7) is 0.207. The molecule has 0 aliphatic rings. The highest BCUT2D eigenvalue weighted by molar-refractivity contribution is 9.10. The highest BCUT2D eigenvalue weighted by atomic mass is 79.9. The molecule has 0 saturated carbocycles. The van der Waals surface area contributed by atoms with Gasteiger partial charge in [-0.25, -0.2) is 8.78 Å². The van der Waals surface area contributed by atoms with Crippen molar-refractivity contribution in [3.8, 4) is 0 Å². The van der Waals surface area contributed by atoms with Crippen LogP contribution in [0, 0.1) is 21.7 Å². The van der Waals surface area contributed by atoms with Crippen LogP contribution < -0.4 is 5.32 Å². The molecule has 0 amide bonds. The van der Waals surface area contributed by atoms with Crippen molar-refractivity contribution in [2.24, 2.45) is 0 Å². The number of rotatable bonds is 4. The molecule has 0 aliphatic carbocycles. The Labute approximate surface area is 121 Å². The molecule has 104 valence electrons. The molecule has 0 unspecified atom stereocenters. The number of anilines is 1. The lowest BCUT2D eigenvalue weighted by Gasteiger charge is -2.09. The number of hydrogen-bond acceptors (Lipinski definition) is 3. The average Bonchev–Trinajstić information content (AvgIpc) is 2.40. The molecular formula is C13H9BrF2N2O2. The van der Waals surface area contributed by atoms with E-state index < -0.39 is 16.6 Å². The van der Waals surface area contributed by atoms with Gasteiger partial charge in [-0.1, -0.05) is 15.9 Å². The molecule has 4 nitrogen and oxygen atoms in total. The number of hydrogen-bond donors (Lipinski definition) is 1. The largest absolute Gasteiger partial charge is 0.378 e. The third kappa shape index (κ3) is 3.30. The molecular weight excluding hydrogens is 334 g/mol. The van der Waals surface area contributed by atoms with Crippen LogP contribution in [0.5, 0.6) is 0 Å². The van der Waals surface area contributed by atoms with Crippen molar-refractivity contribution in [1.82, 2.24) is 0 Å². The van der Waals surface area contributed by atoms with E-state index in [1.54, 1.807) is 6.07 Å². The van der Waals surface area contributed by atoms with E-state index in [0.29, 0.717) is 10.0 Å². The van der Waals surface area contributed by atoms with Crippen LogP contribution in [0.2, 0.25) is 0 Å². The van der Waals surface area contributed by atoms with Crippen molar-refractivity contribution in [3.63, 3.8) is 0 Å². The smallest absolute Gasteiger partial charge is 0.270 e. The lowest BCUT2D eigenvalue weighted by Crippen LogP contribution is -2.03. The number of nitrogens with one attached hydrogen (secondary N) is 1. The van der Waals surface area contributed by atoms with Gasteiger partial charge in [-0.2, -0.15) is 0 Å². The van der Waals surface area contributed by atoms with Gasteiger partial charge in [0, 0.05) is 23.2 Å². The van der Waals surface area contributed by atoms with Crippen LogP contribution in [0.4, 0.5) is 20.2 Å². The Balaban J connectivity index is 2.15. The zero-order valence-electron chi connectivity index (χ0n) is 10.1. The second-order valence-corrected chi connectivity index (χ2v) is 4.86. The fraction of sp³-hybridized carbons (Fsp3) is 0.0769. The van der Waals surface area contributed by atoms with Crippen LogP contribution in [-0.4, -0.2) is 4.92 Å². The molecule has 0 aliphatic heterocycles. The number of nitro groups is 1. The summed E-state index contributed by atoms with van der Waals surface area (Å²) in [5.41, 5.74) is 0.687. The first-order valence-corrected chi connectivity index (χ1v) is 6.38. The molecule has 0 radical (unpaired) electrons. The fourth-order valence-electron chi connectivity index (χ4n) is 1.62. The summed E-state index contributed by atoms with van der Waals surface area (Å²) >= 11 is 3.21. The summed E-state index contributed by atoms with van der Waals surface area (Å²) in [5.74, 6) is -1.11. The van der Waals surface area contributed by atoms with Crippen molar-refractivity contribution in [1.29, 1.82) is 0 Å². The summed E-state index contributed by atoms with van der Waals surface area (Å²) in [6.07, 6.45) is 0. The van der Waals surface area contributed by atoms with Gasteiger partial charge in [-0.05, 0) is 29.8 Å². The molecule has 0 atom stereocenters. The van der Waals surface area contributed by atoms with Gasteiger partial charge in [-0.3, -0.25) is 10.1 Å². The summed E-state index contributed by atoms with van der Waals surface area (Å²) in [5, 5.41) is 13.3. The van der Waals surface area contributed by atoms with Crippen molar-refractivity contribution < 1.29 is 13.7 Å². The third-order valence-electron chi connectivity index (χ3n) is 2.65. The highest BCUT2D eigenvalue weighted by Gasteiger charge is 2.10. The van der Waals surface area contributed by atoms with Crippen LogP contribution in [0.25, 0.3) is 0 Å². The van der Waals surface area contributed by atoms with E-state index in [1.165, 1.54) is 12.1 Å². The summed E-state index contributed by atoms with van der Waals surface area (Å²) in [4.78, 5) is 10.1. The first-order chi connectivity index (χ1) is 9.47. The topological polar surface area (TPSA) is 55.2 Å². The van der Waals surface area contributed by atoms with Crippen LogP contribution >= 0.6 is 15.9 Å². The second kappa shape index (κ2) is 5.96.